The molecule has 1 aliphatic rings. The molecule has 4 N–H and O–H groups in total. The van der Waals surface area contributed by atoms with E-state index >= 15 is 0 Å². The van der Waals surface area contributed by atoms with Crippen molar-refractivity contribution < 1.29 is 14.4 Å². The van der Waals surface area contributed by atoms with E-state index in [4.69, 9.17) is 0 Å². The first-order chi connectivity index (χ1) is 16.6. The number of amides is 3. The van der Waals surface area contributed by atoms with Crippen LogP contribution >= 0.6 is 11.8 Å². The van der Waals surface area contributed by atoms with Crippen LogP contribution < -0.4 is 21.3 Å². The molecule has 1 aliphatic heterocycles. The van der Waals surface area contributed by atoms with Crippen molar-refractivity contribution in [3.63, 3.8) is 0 Å². The predicted octanol–water partition coefficient (Wildman–Crippen LogP) is 3.02. The van der Waals surface area contributed by atoms with Gasteiger partial charge in [-0.25, -0.2) is 0 Å². The van der Waals surface area contributed by atoms with Crippen molar-refractivity contribution in [3.05, 3.63) is 78.4 Å². The van der Waals surface area contributed by atoms with Gasteiger partial charge in [-0.1, -0.05) is 66.7 Å². The summed E-state index contributed by atoms with van der Waals surface area (Å²) in [6, 6.07) is 23.3. The van der Waals surface area contributed by atoms with Crippen LogP contribution in [0.5, 0.6) is 0 Å². The van der Waals surface area contributed by atoms with Gasteiger partial charge < -0.3 is 16.0 Å². The third-order valence-corrected chi connectivity index (χ3v) is 6.58. The number of nitrogens with one attached hydrogen (secondary N) is 4. The second-order valence-corrected chi connectivity index (χ2v) is 9.28. The van der Waals surface area contributed by atoms with Gasteiger partial charge in [0.25, 0.3) is 0 Å². The van der Waals surface area contributed by atoms with Crippen LogP contribution in [0, 0.1) is 0 Å². The summed E-state index contributed by atoms with van der Waals surface area (Å²) < 4.78 is 0. The fraction of sp³-hybridized carbons (Fsp3) is 0.269. The summed E-state index contributed by atoms with van der Waals surface area (Å²) in [5.74, 6) is -0.219. The maximum atomic E-state index is 12.5. The number of fused-ring (bicyclic) bond motifs is 1. The van der Waals surface area contributed by atoms with Crippen molar-refractivity contribution in [2.75, 3.05) is 17.6 Å². The highest BCUT2D eigenvalue weighted by Gasteiger charge is 2.28. The quantitative estimate of drug-likeness (QED) is 0.381. The van der Waals surface area contributed by atoms with Crippen LogP contribution in [0.25, 0.3) is 10.8 Å². The monoisotopic (exact) mass is 476 g/mol. The van der Waals surface area contributed by atoms with E-state index in [9.17, 15) is 14.4 Å². The minimum absolute atomic E-state index is 0.0967. The largest absolute Gasteiger partial charge is 0.356 e. The van der Waals surface area contributed by atoms with Gasteiger partial charge in [0.15, 0.2) is 0 Å². The van der Waals surface area contributed by atoms with Crippen molar-refractivity contribution >= 4 is 45.9 Å². The summed E-state index contributed by atoms with van der Waals surface area (Å²) >= 11 is 1.29. The van der Waals surface area contributed by atoms with E-state index < -0.39 is 5.50 Å². The average Bonchev–Trinajstić information content (AvgIpc) is 2.83. The molecule has 0 radical (unpaired) electrons. The average molecular weight is 477 g/mol. The molecule has 1 saturated heterocycles. The molecule has 3 aromatic carbocycles. The number of hydrogen-bond donors (Lipinski definition) is 4. The first-order valence-corrected chi connectivity index (χ1v) is 12.4. The molecule has 0 saturated carbocycles. The maximum absolute atomic E-state index is 12.5. The zero-order chi connectivity index (χ0) is 23.8. The number of benzene rings is 3. The molecule has 176 valence electrons. The van der Waals surface area contributed by atoms with Crippen LogP contribution in [0.2, 0.25) is 0 Å². The van der Waals surface area contributed by atoms with Crippen molar-refractivity contribution in [1.82, 2.24) is 16.0 Å². The van der Waals surface area contributed by atoms with Crippen molar-refractivity contribution in [1.29, 1.82) is 0 Å². The Bertz CT molecular complexity index is 1150. The number of rotatable bonds is 9. The number of thioether (sulfide) groups is 1. The van der Waals surface area contributed by atoms with E-state index in [1.807, 2.05) is 72.8 Å². The Labute approximate surface area is 203 Å². The number of anilines is 1. The van der Waals surface area contributed by atoms with Gasteiger partial charge in [0.05, 0.1) is 5.75 Å². The minimum Gasteiger partial charge on any atom is -0.356 e. The fourth-order valence-electron chi connectivity index (χ4n) is 3.93. The molecule has 0 bridgehead atoms. The lowest BCUT2D eigenvalue weighted by Crippen LogP contribution is -2.56. The molecule has 2 atom stereocenters. The van der Waals surface area contributed by atoms with E-state index in [0.717, 1.165) is 28.4 Å². The van der Waals surface area contributed by atoms with Crippen LogP contribution in [-0.2, 0) is 20.8 Å². The molecule has 7 nitrogen and oxygen atoms in total. The number of hydrogen-bond acceptors (Lipinski definition) is 5. The Morgan fingerprint density at radius 2 is 1.71 bits per heavy atom. The third-order valence-electron chi connectivity index (χ3n) is 5.57. The Morgan fingerprint density at radius 3 is 2.56 bits per heavy atom. The van der Waals surface area contributed by atoms with E-state index in [1.165, 1.54) is 11.8 Å². The van der Waals surface area contributed by atoms with Gasteiger partial charge in [0.2, 0.25) is 17.7 Å². The van der Waals surface area contributed by atoms with E-state index in [-0.39, 0.29) is 42.4 Å². The van der Waals surface area contributed by atoms with E-state index in [2.05, 4.69) is 21.3 Å². The highest BCUT2D eigenvalue weighted by molar-refractivity contribution is 8.00. The minimum atomic E-state index is -0.429. The summed E-state index contributed by atoms with van der Waals surface area (Å²) in [6.07, 6.45) is 1.20. The topological polar surface area (TPSA) is 99.3 Å². The van der Waals surface area contributed by atoms with Gasteiger partial charge in [0.1, 0.15) is 5.50 Å². The molecule has 1 fully saturated rings. The van der Waals surface area contributed by atoms with Crippen LogP contribution in [0.3, 0.4) is 0 Å². The normalized spacial score (nSPS) is 17.7. The Balaban J connectivity index is 1.22. The van der Waals surface area contributed by atoms with Crippen LogP contribution in [0.4, 0.5) is 5.69 Å². The summed E-state index contributed by atoms with van der Waals surface area (Å²) in [5.41, 5.74) is 1.49. The molecular weight excluding hydrogens is 448 g/mol. The number of carbonyl (C=O) groups excluding carboxylic acids is 3. The van der Waals surface area contributed by atoms with E-state index in [1.54, 1.807) is 0 Å². The summed E-state index contributed by atoms with van der Waals surface area (Å²) in [7, 11) is 0. The fourth-order valence-corrected chi connectivity index (χ4v) is 4.82. The second kappa shape index (κ2) is 11.7. The van der Waals surface area contributed by atoms with Crippen LogP contribution in [-0.4, -0.2) is 41.6 Å². The van der Waals surface area contributed by atoms with Crippen molar-refractivity contribution in [3.8, 4) is 0 Å². The van der Waals surface area contributed by atoms with Crippen LogP contribution in [0.15, 0.2) is 72.8 Å². The molecular formula is C26H28N4O3S. The van der Waals surface area contributed by atoms with Crippen LogP contribution in [0.1, 0.15) is 18.4 Å². The number of carbonyl (C=O) groups is 3. The lowest BCUT2D eigenvalue weighted by Gasteiger charge is -2.30. The Hall–Kier alpha value is -3.36. The van der Waals surface area contributed by atoms with E-state index in [0.29, 0.717) is 6.54 Å². The third kappa shape index (κ3) is 6.82. The highest BCUT2D eigenvalue weighted by atomic mass is 32.2. The zero-order valence-corrected chi connectivity index (χ0v) is 19.6. The summed E-state index contributed by atoms with van der Waals surface area (Å²) in [4.78, 5) is 37.0. The van der Waals surface area contributed by atoms with Gasteiger partial charge in [-0.05, 0) is 23.4 Å². The lowest BCUT2D eigenvalue weighted by molar-refractivity contribution is -0.125. The Kier molecular flexibility index (Phi) is 8.17. The van der Waals surface area contributed by atoms with Crippen molar-refractivity contribution in [2.24, 2.45) is 0 Å². The predicted molar refractivity (Wildman–Crippen MR) is 136 cm³/mol. The molecule has 0 spiro atoms. The molecule has 4 rings (SSSR count). The summed E-state index contributed by atoms with van der Waals surface area (Å²) in [5, 5.41) is 14.0. The molecule has 0 aliphatic carbocycles. The smallest absolute Gasteiger partial charge is 0.234 e. The van der Waals surface area contributed by atoms with Gasteiger partial charge >= 0.3 is 0 Å². The Morgan fingerprint density at radius 1 is 0.941 bits per heavy atom. The molecule has 3 amide bonds. The molecule has 34 heavy (non-hydrogen) atoms. The molecule has 8 heteroatoms. The highest BCUT2D eigenvalue weighted by Crippen LogP contribution is 2.23. The SMILES string of the molecule is O=C(CC1CC(=O)NC(SCC(=O)Nc2cccc3ccccc23)N1)NCCc1ccccc1. The van der Waals surface area contributed by atoms with Gasteiger partial charge in [-0.3, -0.25) is 19.7 Å². The zero-order valence-electron chi connectivity index (χ0n) is 18.8. The maximum Gasteiger partial charge on any atom is 0.234 e. The summed E-state index contributed by atoms with van der Waals surface area (Å²) in [6.45, 7) is 0.550. The second-order valence-electron chi connectivity index (χ2n) is 8.19. The molecule has 0 aromatic heterocycles. The standard InChI is InChI=1S/C26H28N4O3S/c31-23(27-14-13-18-7-2-1-3-8-18)15-20-16-24(32)30-26(28-20)34-17-25(33)29-22-12-6-10-19-9-4-5-11-21(19)22/h1-12,20,26,28H,13-17H2,(H,27,31)(H,29,33)(H,30,32). The lowest BCUT2D eigenvalue weighted by atomic mass is 10.1. The van der Waals surface area contributed by atoms with Gasteiger partial charge in [-0.2, -0.15) is 0 Å². The van der Waals surface area contributed by atoms with Gasteiger partial charge in [0, 0.05) is 36.5 Å². The van der Waals surface area contributed by atoms with Crippen molar-refractivity contribution in [2.45, 2.75) is 30.8 Å². The molecule has 1 heterocycles. The van der Waals surface area contributed by atoms with Gasteiger partial charge in [-0.15, -0.1) is 11.8 Å². The molecule has 2 unspecified atom stereocenters. The molecule has 3 aromatic rings. The first kappa shape index (κ1) is 23.8. The first-order valence-electron chi connectivity index (χ1n) is 11.3.